The normalized spacial score (nSPS) is 12.1. The zero-order chi connectivity index (χ0) is 14.2. The smallest absolute Gasteiger partial charge is 0.258 e. The summed E-state index contributed by atoms with van der Waals surface area (Å²) < 4.78 is 28.0. The molecule has 0 spiro atoms. The van der Waals surface area contributed by atoms with Crippen LogP contribution >= 0.6 is 0 Å². The van der Waals surface area contributed by atoms with Gasteiger partial charge in [-0.3, -0.25) is 4.68 Å². The maximum Gasteiger partial charge on any atom is 0.258 e. The summed E-state index contributed by atoms with van der Waals surface area (Å²) in [6.07, 6.45) is 1.44. The van der Waals surface area contributed by atoms with E-state index in [4.69, 9.17) is 0 Å². The average Bonchev–Trinajstić information content (AvgIpc) is 3.02. The first-order valence-electron chi connectivity index (χ1n) is 5.97. The molecule has 3 aromatic rings. The van der Waals surface area contributed by atoms with Gasteiger partial charge in [0.15, 0.2) is 5.03 Å². The van der Waals surface area contributed by atoms with Gasteiger partial charge in [0, 0.05) is 7.05 Å². The van der Waals surface area contributed by atoms with Crippen molar-refractivity contribution in [3.63, 3.8) is 0 Å². The molecule has 0 atom stereocenters. The van der Waals surface area contributed by atoms with E-state index in [1.165, 1.54) is 16.9 Å². The number of nitrogens with one attached hydrogen (secondary N) is 2. The minimum absolute atomic E-state index is 0.0994. The van der Waals surface area contributed by atoms with E-state index < -0.39 is 10.0 Å². The predicted molar refractivity (Wildman–Crippen MR) is 73.3 cm³/mol. The molecule has 104 valence electrons. The van der Waals surface area contributed by atoms with Crippen molar-refractivity contribution in [3.8, 4) is 0 Å². The van der Waals surface area contributed by atoms with E-state index in [-0.39, 0.29) is 11.6 Å². The zero-order valence-electron chi connectivity index (χ0n) is 10.7. The summed E-state index contributed by atoms with van der Waals surface area (Å²) in [6.45, 7) is 0.0994. The van der Waals surface area contributed by atoms with Crippen LogP contribution in [0.15, 0.2) is 41.6 Å². The Morgan fingerprint density at radius 2 is 2.10 bits per heavy atom. The van der Waals surface area contributed by atoms with Crippen LogP contribution in [0.4, 0.5) is 0 Å². The lowest BCUT2D eigenvalue weighted by molar-refractivity contribution is 0.561. The van der Waals surface area contributed by atoms with Gasteiger partial charge in [0.05, 0.1) is 23.8 Å². The molecular weight excluding hydrogens is 278 g/mol. The van der Waals surface area contributed by atoms with E-state index in [9.17, 15) is 8.42 Å². The summed E-state index contributed by atoms with van der Waals surface area (Å²) in [5, 5.41) is 3.97. The highest BCUT2D eigenvalue weighted by Crippen LogP contribution is 2.11. The average molecular weight is 291 g/mol. The van der Waals surface area contributed by atoms with Crippen LogP contribution in [0, 0.1) is 0 Å². The second-order valence-electron chi connectivity index (χ2n) is 4.32. The molecule has 3 rings (SSSR count). The van der Waals surface area contributed by atoms with E-state index in [1.807, 2.05) is 24.3 Å². The maximum absolute atomic E-state index is 12.1. The SMILES string of the molecule is Cn1nccc1S(=O)(=O)NCc1nc2ccccc2[nH]1. The van der Waals surface area contributed by atoms with E-state index in [0.29, 0.717) is 5.82 Å². The maximum atomic E-state index is 12.1. The van der Waals surface area contributed by atoms with Crippen molar-refractivity contribution in [2.24, 2.45) is 7.05 Å². The standard InChI is InChI=1S/C12H13N5O2S/c1-17-12(6-7-13-17)20(18,19)14-8-11-15-9-4-2-3-5-10(9)16-11/h2-7,14H,8H2,1H3,(H,15,16). The Morgan fingerprint density at radius 1 is 1.30 bits per heavy atom. The number of fused-ring (bicyclic) bond motifs is 1. The number of benzene rings is 1. The molecule has 0 amide bonds. The van der Waals surface area contributed by atoms with E-state index in [0.717, 1.165) is 11.0 Å². The number of nitrogens with zero attached hydrogens (tertiary/aromatic N) is 3. The van der Waals surface area contributed by atoms with Crippen molar-refractivity contribution in [2.75, 3.05) is 0 Å². The molecular formula is C12H13N5O2S. The molecule has 0 aliphatic heterocycles. The van der Waals surface area contributed by atoms with Crippen molar-refractivity contribution in [3.05, 3.63) is 42.4 Å². The second kappa shape index (κ2) is 4.73. The van der Waals surface area contributed by atoms with Crippen LogP contribution in [0.25, 0.3) is 11.0 Å². The number of hydrogen-bond donors (Lipinski definition) is 2. The molecule has 2 N–H and O–H groups in total. The van der Waals surface area contributed by atoms with Crippen LogP contribution < -0.4 is 4.72 Å². The Kier molecular flexibility index (Phi) is 3.03. The molecule has 8 heteroatoms. The topological polar surface area (TPSA) is 92.7 Å². The molecule has 0 radical (unpaired) electrons. The molecule has 0 aliphatic carbocycles. The first kappa shape index (κ1) is 12.8. The number of rotatable bonds is 4. The first-order chi connectivity index (χ1) is 9.56. The van der Waals surface area contributed by atoms with Gasteiger partial charge in [-0.05, 0) is 18.2 Å². The molecule has 7 nitrogen and oxygen atoms in total. The molecule has 2 heterocycles. The van der Waals surface area contributed by atoms with Gasteiger partial charge in [0.1, 0.15) is 5.82 Å². The number of H-pyrrole nitrogens is 1. The summed E-state index contributed by atoms with van der Waals surface area (Å²) in [5.74, 6) is 0.567. The Morgan fingerprint density at radius 3 is 2.80 bits per heavy atom. The minimum atomic E-state index is -3.59. The fourth-order valence-electron chi connectivity index (χ4n) is 1.95. The number of sulfonamides is 1. The van der Waals surface area contributed by atoms with Crippen molar-refractivity contribution in [2.45, 2.75) is 11.6 Å². The molecule has 20 heavy (non-hydrogen) atoms. The molecule has 0 saturated carbocycles. The van der Waals surface area contributed by atoms with Crippen LogP contribution in [0.3, 0.4) is 0 Å². The van der Waals surface area contributed by atoms with Crippen LogP contribution in [0.2, 0.25) is 0 Å². The number of imidazole rings is 1. The van der Waals surface area contributed by atoms with Gasteiger partial charge in [-0.1, -0.05) is 12.1 Å². The van der Waals surface area contributed by atoms with Gasteiger partial charge in [-0.2, -0.15) is 5.10 Å². The van der Waals surface area contributed by atoms with Crippen LogP contribution in [0.1, 0.15) is 5.82 Å². The quantitative estimate of drug-likeness (QED) is 0.742. The van der Waals surface area contributed by atoms with Gasteiger partial charge in [-0.25, -0.2) is 18.1 Å². The van der Waals surface area contributed by atoms with Crippen molar-refractivity contribution >= 4 is 21.1 Å². The summed E-state index contributed by atoms with van der Waals surface area (Å²) in [7, 11) is -2.01. The third-order valence-electron chi connectivity index (χ3n) is 2.92. The lowest BCUT2D eigenvalue weighted by Gasteiger charge is -2.04. The first-order valence-corrected chi connectivity index (χ1v) is 7.46. The third kappa shape index (κ3) is 2.30. The van der Waals surface area contributed by atoms with Gasteiger partial charge in [0.2, 0.25) is 0 Å². The van der Waals surface area contributed by atoms with Gasteiger partial charge < -0.3 is 4.98 Å². The molecule has 0 saturated heterocycles. The fraction of sp³-hybridized carbons (Fsp3) is 0.167. The summed E-state index contributed by atoms with van der Waals surface area (Å²) in [5.41, 5.74) is 1.68. The Balaban J connectivity index is 1.81. The van der Waals surface area contributed by atoms with Crippen molar-refractivity contribution in [1.29, 1.82) is 0 Å². The van der Waals surface area contributed by atoms with Crippen molar-refractivity contribution < 1.29 is 8.42 Å². The van der Waals surface area contributed by atoms with Gasteiger partial charge >= 0.3 is 0 Å². The zero-order valence-corrected chi connectivity index (χ0v) is 11.6. The van der Waals surface area contributed by atoms with E-state index >= 15 is 0 Å². The fourth-order valence-corrected chi connectivity index (χ4v) is 3.06. The largest absolute Gasteiger partial charge is 0.341 e. The third-order valence-corrected chi connectivity index (χ3v) is 4.39. The number of hydrogen-bond acceptors (Lipinski definition) is 4. The molecule has 0 fully saturated rings. The molecule has 1 aromatic carbocycles. The lowest BCUT2D eigenvalue weighted by atomic mass is 10.3. The number of aromatic nitrogens is 4. The van der Waals surface area contributed by atoms with Crippen LogP contribution in [-0.2, 0) is 23.6 Å². The lowest BCUT2D eigenvalue weighted by Crippen LogP contribution is -2.25. The van der Waals surface area contributed by atoms with E-state index in [2.05, 4.69) is 19.8 Å². The number of aromatic amines is 1. The second-order valence-corrected chi connectivity index (χ2v) is 6.03. The van der Waals surface area contributed by atoms with Gasteiger partial charge in [0.25, 0.3) is 10.0 Å². The predicted octanol–water partition coefficient (Wildman–Crippen LogP) is 0.775. The van der Waals surface area contributed by atoms with Crippen LogP contribution in [0.5, 0.6) is 0 Å². The Hall–Kier alpha value is -2.19. The Bertz CT molecular complexity index is 816. The molecule has 0 bridgehead atoms. The minimum Gasteiger partial charge on any atom is -0.341 e. The van der Waals surface area contributed by atoms with Gasteiger partial charge in [-0.15, -0.1) is 0 Å². The summed E-state index contributed by atoms with van der Waals surface area (Å²) in [4.78, 5) is 7.38. The van der Waals surface area contributed by atoms with Crippen LogP contribution in [-0.4, -0.2) is 28.2 Å². The molecule has 0 unspecified atom stereocenters. The Labute approximate surface area is 115 Å². The monoisotopic (exact) mass is 291 g/mol. The highest BCUT2D eigenvalue weighted by molar-refractivity contribution is 7.89. The molecule has 0 aliphatic rings. The molecule has 2 aromatic heterocycles. The highest BCUT2D eigenvalue weighted by Gasteiger charge is 2.18. The number of aryl methyl sites for hydroxylation is 1. The summed E-state index contributed by atoms with van der Waals surface area (Å²) in [6, 6.07) is 8.98. The highest BCUT2D eigenvalue weighted by atomic mass is 32.2. The number of para-hydroxylation sites is 2. The van der Waals surface area contributed by atoms with Crippen molar-refractivity contribution in [1.82, 2.24) is 24.5 Å². The van der Waals surface area contributed by atoms with E-state index in [1.54, 1.807) is 7.05 Å². The summed E-state index contributed by atoms with van der Waals surface area (Å²) >= 11 is 0.